The van der Waals surface area contributed by atoms with E-state index in [0.717, 1.165) is 0 Å². The Labute approximate surface area is 43.5 Å². The largest absolute Gasteiger partial charge is 0.470 e. The highest BCUT2D eigenvalue weighted by Crippen LogP contribution is 1.90. The summed E-state index contributed by atoms with van der Waals surface area (Å²) < 4.78 is 0. The molecule has 0 radical (unpaired) electrons. The third-order valence-corrected chi connectivity index (χ3v) is 0.475. The first kappa shape index (κ1) is 6.46. The molecule has 0 aromatic heterocycles. The minimum Gasteiger partial charge on any atom is -0.470 e. The van der Waals surface area contributed by atoms with Gasteiger partial charge in [0.2, 0.25) is 0 Å². The van der Waals surface area contributed by atoms with Crippen molar-refractivity contribution in [1.29, 1.82) is 0 Å². The number of rotatable bonds is 3. The Balaban J connectivity index is 2.98. The van der Waals surface area contributed by atoms with Gasteiger partial charge in [0.05, 0.1) is 0 Å². The van der Waals surface area contributed by atoms with E-state index in [1.165, 1.54) is 12.1 Å². The Morgan fingerprint density at radius 3 is 2.57 bits per heavy atom. The van der Waals surface area contributed by atoms with E-state index in [0.29, 0.717) is 0 Å². The van der Waals surface area contributed by atoms with Crippen molar-refractivity contribution < 1.29 is 4.84 Å². The molecule has 0 aromatic rings. The molecule has 7 heavy (non-hydrogen) atoms. The molecule has 0 atom stereocenters. The maximum Gasteiger partial charge on any atom is 0.0148 e. The fourth-order valence-corrected chi connectivity index (χ4v) is 0.162. The third kappa shape index (κ3) is 3.29. The second-order valence-corrected chi connectivity index (χ2v) is 1.02. The van der Waals surface area contributed by atoms with Crippen LogP contribution in [0.4, 0.5) is 0 Å². The monoisotopic (exact) mass is 101 g/mol. The van der Waals surface area contributed by atoms with Gasteiger partial charge in [-0.25, -0.2) is 0 Å². The maximum absolute atomic E-state index is 4.37. The van der Waals surface area contributed by atoms with Crippen molar-refractivity contribution in [1.82, 2.24) is 5.01 Å². The van der Waals surface area contributed by atoms with Crippen molar-refractivity contribution in [2.75, 3.05) is 14.2 Å². The van der Waals surface area contributed by atoms with Crippen molar-refractivity contribution >= 4 is 0 Å². The lowest BCUT2D eigenvalue weighted by molar-refractivity contribution is 0.209. The van der Waals surface area contributed by atoms with E-state index in [9.17, 15) is 0 Å². The maximum atomic E-state index is 4.37. The second-order valence-electron chi connectivity index (χ2n) is 1.02. The van der Waals surface area contributed by atoms with Gasteiger partial charge in [-0.05, 0) is 13.2 Å². The quantitative estimate of drug-likeness (QED) is 0.494. The van der Waals surface area contributed by atoms with Crippen molar-refractivity contribution in [3.8, 4) is 0 Å². The van der Waals surface area contributed by atoms with Gasteiger partial charge in [0, 0.05) is 7.11 Å². The fourth-order valence-electron chi connectivity index (χ4n) is 0.162. The van der Waals surface area contributed by atoms with E-state index in [1.807, 2.05) is 0 Å². The van der Waals surface area contributed by atoms with E-state index < -0.39 is 0 Å². The zero-order valence-electron chi connectivity index (χ0n) is 4.59. The first-order valence-corrected chi connectivity index (χ1v) is 1.90. The summed E-state index contributed by atoms with van der Waals surface area (Å²) in [6.07, 6.45) is 1.55. The molecule has 0 aromatic carbocycles. The highest BCUT2D eigenvalue weighted by molar-refractivity contribution is 4.69. The summed E-state index contributed by atoms with van der Waals surface area (Å²) in [5.41, 5.74) is 3.46. The molecular formula is C4H9N2O-. The summed E-state index contributed by atoms with van der Waals surface area (Å²) in [6, 6.07) is 0. The lowest BCUT2D eigenvalue weighted by Gasteiger charge is -2.28. The van der Waals surface area contributed by atoms with Crippen LogP contribution in [0, 0.1) is 0 Å². The molecule has 0 unspecified atom stereocenters. The molecule has 0 aliphatic carbocycles. The van der Waals surface area contributed by atoms with Crippen LogP contribution in [0.3, 0.4) is 0 Å². The number of hydrogen-bond donors (Lipinski definition) is 0. The van der Waals surface area contributed by atoms with Crippen LogP contribution in [0.25, 0.3) is 5.59 Å². The standard InChI is InChI=1S/C4H9N2O/c1-4-6(2)5-7-3/h4H,1H2,2-3H3/q-1. The van der Waals surface area contributed by atoms with E-state index in [1.54, 1.807) is 13.2 Å². The average molecular weight is 101 g/mol. The molecule has 0 rings (SSSR count). The Hall–Kier alpha value is -0.540. The summed E-state index contributed by atoms with van der Waals surface area (Å²) in [5, 5.41) is 1.47. The van der Waals surface area contributed by atoms with Crippen LogP contribution in [0.2, 0.25) is 0 Å². The molecule has 3 nitrogen and oxygen atoms in total. The summed E-state index contributed by atoms with van der Waals surface area (Å²) in [5.74, 6) is 0. The molecule has 0 heterocycles. The van der Waals surface area contributed by atoms with Gasteiger partial charge in [0.15, 0.2) is 0 Å². The van der Waals surface area contributed by atoms with Crippen LogP contribution in [0.5, 0.6) is 0 Å². The van der Waals surface area contributed by atoms with Crippen LogP contribution in [-0.2, 0) is 4.84 Å². The van der Waals surface area contributed by atoms with Gasteiger partial charge in [-0.2, -0.15) is 0 Å². The lowest BCUT2D eigenvalue weighted by atomic mass is 11.0. The molecule has 0 amide bonds. The van der Waals surface area contributed by atoms with E-state index in [2.05, 4.69) is 17.0 Å². The van der Waals surface area contributed by atoms with Crippen LogP contribution in [-0.4, -0.2) is 19.2 Å². The Bertz CT molecular complexity index is 55.7. The van der Waals surface area contributed by atoms with Crippen molar-refractivity contribution in [3.05, 3.63) is 18.4 Å². The predicted octanol–water partition coefficient (Wildman–Crippen LogP) is 0.912. The third-order valence-electron chi connectivity index (χ3n) is 0.475. The average Bonchev–Trinajstić information content (AvgIpc) is 1.68. The second kappa shape index (κ2) is 3.64. The van der Waals surface area contributed by atoms with Crippen LogP contribution in [0.15, 0.2) is 12.8 Å². The predicted molar refractivity (Wildman–Crippen MR) is 28.3 cm³/mol. The van der Waals surface area contributed by atoms with E-state index >= 15 is 0 Å². The molecule has 0 saturated carbocycles. The molecule has 0 fully saturated rings. The molecule has 0 aliphatic heterocycles. The van der Waals surface area contributed by atoms with E-state index in [-0.39, 0.29) is 0 Å². The summed E-state index contributed by atoms with van der Waals surface area (Å²) in [7, 11) is 3.22. The zero-order valence-corrected chi connectivity index (χ0v) is 4.59. The van der Waals surface area contributed by atoms with Crippen LogP contribution in [0.1, 0.15) is 0 Å². The molecule has 0 aliphatic rings. The lowest BCUT2D eigenvalue weighted by Crippen LogP contribution is -2.01. The highest BCUT2D eigenvalue weighted by Gasteiger charge is 1.62. The molecule has 42 valence electrons. The zero-order chi connectivity index (χ0) is 5.70. The van der Waals surface area contributed by atoms with Crippen LogP contribution < -0.4 is 0 Å². The summed E-state index contributed by atoms with van der Waals surface area (Å²) in [6.45, 7) is 3.43. The van der Waals surface area contributed by atoms with Gasteiger partial charge in [-0.15, -0.1) is 0 Å². The van der Waals surface area contributed by atoms with Crippen LogP contribution >= 0.6 is 0 Å². The molecule has 3 heteroatoms. The normalized spacial score (nSPS) is 8.29. The molecule has 0 saturated heterocycles. The Morgan fingerprint density at radius 2 is 2.43 bits per heavy atom. The van der Waals surface area contributed by atoms with Gasteiger partial charge in [0.25, 0.3) is 0 Å². The number of hydrogen-bond acceptors (Lipinski definition) is 2. The van der Waals surface area contributed by atoms with Gasteiger partial charge >= 0.3 is 0 Å². The summed E-state index contributed by atoms with van der Waals surface area (Å²) >= 11 is 0. The van der Waals surface area contributed by atoms with Crippen molar-refractivity contribution in [2.45, 2.75) is 0 Å². The van der Waals surface area contributed by atoms with Gasteiger partial charge in [-0.3, -0.25) is 0 Å². The summed E-state index contributed by atoms with van der Waals surface area (Å²) in [4.78, 5) is 4.37. The molecule has 0 spiro atoms. The molecule has 0 N–H and O–H groups in total. The fraction of sp³-hybridized carbons (Fsp3) is 0.500. The molecular weight excluding hydrogens is 92.1 g/mol. The number of nitrogens with zero attached hydrogens (tertiary/aromatic N) is 2. The van der Waals surface area contributed by atoms with Gasteiger partial charge in [0.1, 0.15) is 0 Å². The topological polar surface area (TPSA) is 26.6 Å². The molecule has 0 bridgehead atoms. The first-order valence-electron chi connectivity index (χ1n) is 1.90. The Morgan fingerprint density at radius 1 is 1.86 bits per heavy atom. The van der Waals surface area contributed by atoms with Crippen molar-refractivity contribution in [2.24, 2.45) is 0 Å². The smallest absolute Gasteiger partial charge is 0.0148 e. The minimum absolute atomic E-state index is 1.47. The van der Waals surface area contributed by atoms with Gasteiger partial charge < -0.3 is 15.4 Å². The van der Waals surface area contributed by atoms with E-state index in [4.69, 9.17) is 0 Å². The highest BCUT2D eigenvalue weighted by atomic mass is 16.7. The van der Waals surface area contributed by atoms with Crippen molar-refractivity contribution in [3.63, 3.8) is 0 Å². The minimum atomic E-state index is 1.47. The SMILES string of the molecule is C=CN(C)[N-]OC. The Kier molecular flexibility index (Phi) is 3.36. The first-order chi connectivity index (χ1) is 3.31. The van der Waals surface area contributed by atoms with Gasteiger partial charge in [-0.1, -0.05) is 6.58 Å².